The zero-order valence-electron chi connectivity index (χ0n) is 16.0. The summed E-state index contributed by atoms with van der Waals surface area (Å²) in [4.78, 5) is 27.3. The number of carbonyl (C=O) groups excluding carboxylic acids is 2. The number of rotatable bonds is 3. The summed E-state index contributed by atoms with van der Waals surface area (Å²) in [5, 5.41) is 15.5. The van der Waals surface area contributed by atoms with Crippen molar-refractivity contribution in [2.24, 2.45) is 18.9 Å². The fraction of sp³-hybridized carbons (Fsp3) is 0.350. The lowest BCUT2D eigenvalue weighted by molar-refractivity contribution is 0.0776. The van der Waals surface area contributed by atoms with Crippen molar-refractivity contribution in [1.82, 2.24) is 29.4 Å². The van der Waals surface area contributed by atoms with Crippen LogP contribution >= 0.6 is 0 Å². The van der Waals surface area contributed by atoms with Crippen LogP contribution in [0.15, 0.2) is 42.6 Å². The highest BCUT2D eigenvalue weighted by molar-refractivity contribution is 6.01. The van der Waals surface area contributed by atoms with Crippen LogP contribution in [0, 0.1) is 11.8 Å². The van der Waals surface area contributed by atoms with Crippen molar-refractivity contribution >= 4 is 17.5 Å². The fourth-order valence-corrected chi connectivity index (χ4v) is 4.26. The second kappa shape index (κ2) is 6.84. The van der Waals surface area contributed by atoms with E-state index in [4.69, 9.17) is 0 Å². The summed E-state index contributed by atoms with van der Waals surface area (Å²) in [6.45, 7) is 1.96. The third-order valence-corrected chi connectivity index (χ3v) is 5.72. The van der Waals surface area contributed by atoms with Crippen LogP contribution in [0.1, 0.15) is 26.9 Å². The first-order chi connectivity index (χ1) is 14.1. The van der Waals surface area contributed by atoms with Gasteiger partial charge >= 0.3 is 0 Å². The summed E-state index contributed by atoms with van der Waals surface area (Å²) in [7, 11) is 1.80. The molecule has 3 aromatic rings. The molecule has 148 valence electrons. The van der Waals surface area contributed by atoms with Crippen molar-refractivity contribution < 1.29 is 9.59 Å². The quantitative estimate of drug-likeness (QED) is 0.724. The van der Waals surface area contributed by atoms with Gasteiger partial charge in [0.2, 0.25) is 5.82 Å². The predicted molar refractivity (Wildman–Crippen MR) is 104 cm³/mol. The van der Waals surface area contributed by atoms with E-state index in [0.29, 0.717) is 43.5 Å². The van der Waals surface area contributed by atoms with Gasteiger partial charge < -0.3 is 14.8 Å². The summed E-state index contributed by atoms with van der Waals surface area (Å²) >= 11 is 0. The second-order valence-electron chi connectivity index (χ2n) is 7.68. The maximum absolute atomic E-state index is 12.7. The molecule has 1 fully saturated rings. The Kier molecular flexibility index (Phi) is 4.15. The lowest BCUT2D eigenvalue weighted by atomic mass is 9.89. The van der Waals surface area contributed by atoms with Crippen LogP contribution in [-0.4, -0.2) is 54.3 Å². The van der Waals surface area contributed by atoms with Crippen molar-refractivity contribution in [3.8, 4) is 0 Å². The fourth-order valence-electron chi connectivity index (χ4n) is 4.26. The van der Waals surface area contributed by atoms with Crippen molar-refractivity contribution in [1.29, 1.82) is 0 Å². The van der Waals surface area contributed by atoms with Crippen LogP contribution in [0.2, 0.25) is 0 Å². The van der Waals surface area contributed by atoms with Crippen molar-refractivity contribution in [3.63, 3.8) is 0 Å². The molecule has 29 heavy (non-hydrogen) atoms. The second-order valence-corrected chi connectivity index (χ2v) is 7.68. The van der Waals surface area contributed by atoms with E-state index in [1.165, 1.54) is 0 Å². The van der Waals surface area contributed by atoms with Gasteiger partial charge in [0.05, 0.1) is 0 Å². The number of hydrogen-bond donors (Lipinski definition) is 1. The molecule has 0 spiro atoms. The van der Waals surface area contributed by atoms with E-state index in [9.17, 15) is 9.59 Å². The Labute approximate surface area is 167 Å². The molecule has 0 aliphatic carbocycles. The van der Waals surface area contributed by atoms with E-state index in [1.807, 2.05) is 39.8 Å². The highest BCUT2D eigenvalue weighted by Gasteiger charge is 2.41. The first kappa shape index (κ1) is 17.6. The zero-order valence-corrected chi connectivity index (χ0v) is 16.0. The van der Waals surface area contributed by atoms with Gasteiger partial charge in [0.25, 0.3) is 11.8 Å². The number of carbonyl (C=O) groups is 2. The number of likely N-dealkylation sites (tertiary alicyclic amines) is 1. The lowest BCUT2D eigenvalue weighted by Crippen LogP contribution is -2.31. The molecule has 1 saturated heterocycles. The van der Waals surface area contributed by atoms with Crippen molar-refractivity contribution in [3.05, 3.63) is 59.9 Å². The molecule has 9 heteroatoms. The van der Waals surface area contributed by atoms with Crippen LogP contribution in [-0.2, 0) is 20.0 Å². The van der Waals surface area contributed by atoms with E-state index in [1.54, 1.807) is 24.0 Å². The predicted octanol–water partition coefficient (Wildman–Crippen LogP) is 1.21. The van der Waals surface area contributed by atoms with Crippen LogP contribution in [0.25, 0.3) is 0 Å². The number of amides is 2. The third kappa shape index (κ3) is 3.18. The van der Waals surface area contributed by atoms with Gasteiger partial charge in [-0.2, -0.15) is 5.10 Å². The Bertz CT molecular complexity index is 1070. The van der Waals surface area contributed by atoms with Crippen LogP contribution in [0.4, 0.5) is 5.69 Å². The Balaban J connectivity index is 1.31. The molecule has 0 bridgehead atoms. The molecule has 2 amide bonds. The van der Waals surface area contributed by atoms with E-state index >= 15 is 0 Å². The van der Waals surface area contributed by atoms with Gasteiger partial charge in [-0.1, -0.05) is 18.2 Å². The highest BCUT2D eigenvalue weighted by atomic mass is 16.2. The van der Waals surface area contributed by atoms with Crippen LogP contribution < -0.4 is 5.32 Å². The molecular weight excluding hydrogens is 370 g/mol. The molecule has 5 rings (SSSR count). The molecule has 2 aliphatic heterocycles. The number of nitrogens with one attached hydrogen (secondary N) is 1. The maximum atomic E-state index is 12.7. The number of fused-ring (bicyclic) bond motifs is 2. The number of benzene rings is 1. The molecular formula is C20H21N7O2. The molecule has 9 nitrogen and oxygen atoms in total. The number of nitrogens with zero attached hydrogens (tertiary/aromatic N) is 6. The molecule has 0 unspecified atom stereocenters. The first-order valence-electron chi connectivity index (χ1n) is 9.66. The smallest absolute Gasteiger partial charge is 0.293 e. The van der Waals surface area contributed by atoms with E-state index in [0.717, 1.165) is 11.5 Å². The topological polar surface area (TPSA) is 97.9 Å². The molecule has 2 aromatic heterocycles. The number of anilines is 1. The van der Waals surface area contributed by atoms with E-state index in [2.05, 4.69) is 20.6 Å². The summed E-state index contributed by atoms with van der Waals surface area (Å²) in [5.41, 5.74) is 1.19. The normalized spacial score (nSPS) is 20.2. The van der Waals surface area contributed by atoms with E-state index < -0.39 is 0 Å². The SMILES string of the molecule is Cn1ccc(C(=O)N2C[C@@H]3Cc4nnc(C(=O)Nc5ccccc5)n4C[C@@H]3C2)n1. The number of para-hydroxylation sites is 1. The minimum Gasteiger partial charge on any atom is -0.337 e. The maximum Gasteiger partial charge on any atom is 0.293 e. The molecule has 0 radical (unpaired) electrons. The van der Waals surface area contributed by atoms with Gasteiger partial charge in [-0.05, 0) is 30.0 Å². The van der Waals surface area contributed by atoms with Gasteiger partial charge in [0.1, 0.15) is 11.5 Å². The largest absolute Gasteiger partial charge is 0.337 e. The highest BCUT2D eigenvalue weighted by Crippen LogP contribution is 2.33. The Morgan fingerprint density at radius 2 is 1.83 bits per heavy atom. The van der Waals surface area contributed by atoms with Gasteiger partial charge in [-0.25, -0.2) is 0 Å². The minimum atomic E-state index is -0.271. The molecule has 0 saturated carbocycles. The molecule has 1 aromatic carbocycles. The van der Waals surface area contributed by atoms with Gasteiger partial charge in [0, 0.05) is 45.0 Å². The van der Waals surface area contributed by atoms with Crippen molar-refractivity contribution in [2.75, 3.05) is 18.4 Å². The Morgan fingerprint density at radius 3 is 2.59 bits per heavy atom. The monoisotopic (exact) mass is 391 g/mol. The number of aryl methyl sites for hydroxylation is 1. The van der Waals surface area contributed by atoms with Crippen molar-refractivity contribution in [2.45, 2.75) is 13.0 Å². The summed E-state index contributed by atoms with van der Waals surface area (Å²) in [6, 6.07) is 11.0. The minimum absolute atomic E-state index is 0.0437. The van der Waals surface area contributed by atoms with Crippen LogP contribution in [0.3, 0.4) is 0 Å². The zero-order chi connectivity index (χ0) is 20.0. The molecule has 2 aliphatic rings. The standard InChI is InChI=1S/C20H21N7O2/c1-25-8-7-16(24-25)20(29)26-10-13-9-17-22-23-18(27(17)12-14(13)11-26)19(28)21-15-5-3-2-4-6-15/h2-8,13-14H,9-12H2,1H3,(H,21,28)/t13-,14-/m0/s1. The first-order valence-corrected chi connectivity index (χ1v) is 9.66. The molecule has 4 heterocycles. The van der Waals surface area contributed by atoms with Gasteiger partial charge in [-0.3, -0.25) is 14.3 Å². The average molecular weight is 391 g/mol. The Hall–Kier alpha value is -3.49. The Morgan fingerprint density at radius 1 is 1.03 bits per heavy atom. The van der Waals surface area contributed by atoms with Gasteiger partial charge in [0.15, 0.2) is 0 Å². The molecule has 1 N–H and O–H groups in total. The summed E-state index contributed by atoms with van der Waals surface area (Å²) in [6.07, 6.45) is 2.48. The van der Waals surface area contributed by atoms with Crippen LogP contribution in [0.5, 0.6) is 0 Å². The molecule has 2 atom stereocenters. The number of hydrogen-bond acceptors (Lipinski definition) is 5. The van der Waals surface area contributed by atoms with Gasteiger partial charge in [-0.15, -0.1) is 10.2 Å². The van der Waals surface area contributed by atoms with E-state index in [-0.39, 0.29) is 17.7 Å². The average Bonchev–Trinajstić information content (AvgIpc) is 3.43. The summed E-state index contributed by atoms with van der Waals surface area (Å²) in [5.74, 6) is 1.40. The third-order valence-electron chi connectivity index (χ3n) is 5.72. The lowest BCUT2D eigenvalue weighted by Gasteiger charge is -2.25. The summed E-state index contributed by atoms with van der Waals surface area (Å²) < 4.78 is 3.53. The number of aromatic nitrogens is 5.